The van der Waals surface area contributed by atoms with E-state index < -0.39 is 6.10 Å². The highest BCUT2D eigenvalue weighted by Crippen LogP contribution is 2.11. The maximum Gasteiger partial charge on any atom is 0.119 e. The molecule has 0 radical (unpaired) electrons. The molecule has 0 saturated carbocycles. The Balaban J connectivity index is 1.65. The van der Waals surface area contributed by atoms with E-state index in [1.54, 1.807) is 11.3 Å². The highest BCUT2D eigenvalue weighted by atomic mass is 32.1. The second kappa shape index (κ2) is 7.38. The molecule has 2 rings (SSSR count). The molecule has 0 bridgehead atoms. The number of benzene rings is 1. The normalized spacial score (nSPS) is 12.3. The molecule has 2 N–H and O–H groups in total. The lowest BCUT2D eigenvalue weighted by atomic mass is 10.2. The van der Waals surface area contributed by atoms with Gasteiger partial charge in [-0.25, -0.2) is 4.98 Å². The number of aliphatic hydroxyl groups is 1. The summed E-state index contributed by atoms with van der Waals surface area (Å²) in [5.74, 6) is 0.782. The van der Waals surface area contributed by atoms with Crippen LogP contribution >= 0.6 is 11.3 Å². The molecule has 1 atom stereocenters. The van der Waals surface area contributed by atoms with Crippen LogP contribution in [0.15, 0.2) is 29.6 Å². The van der Waals surface area contributed by atoms with Crippen molar-refractivity contribution in [2.45, 2.75) is 26.5 Å². The lowest BCUT2D eigenvalue weighted by Crippen LogP contribution is -2.31. The molecule has 1 aromatic carbocycles. The van der Waals surface area contributed by atoms with Crippen molar-refractivity contribution in [3.63, 3.8) is 0 Å². The van der Waals surface area contributed by atoms with Crippen molar-refractivity contribution >= 4 is 11.3 Å². The number of aliphatic hydroxyl groups excluding tert-OH is 1. The fraction of sp³-hybridized carbons (Fsp3) is 0.400. The standard InChI is InChI=1S/C15H20N2O2S/c1-11-3-5-15(6-4-11)19-9-14(18)8-16-7-13-10-20-12(2)17-13/h3-6,10,14,16,18H,7-9H2,1-2H3. The number of aromatic nitrogens is 1. The third kappa shape index (κ3) is 4.92. The number of aryl methyl sites for hydroxylation is 2. The van der Waals surface area contributed by atoms with E-state index in [-0.39, 0.29) is 6.61 Å². The van der Waals surface area contributed by atoms with Gasteiger partial charge in [0.1, 0.15) is 18.5 Å². The minimum Gasteiger partial charge on any atom is -0.491 e. The maximum atomic E-state index is 9.84. The molecular formula is C15H20N2O2S. The molecule has 1 unspecified atom stereocenters. The van der Waals surface area contributed by atoms with Gasteiger partial charge in [0.15, 0.2) is 0 Å². The summed E-state index contributed by atoms with van der Waals surface area (Å²) in [6.45, 7) is 5.46. The third-order valence-corrected chi connectivity index (χ3v) is 3.64. The van der Waals surface area contributed by atoms with E-state index in [0.717, 1.165) is 16.5 Å². The first-order valence-corrected chi connectivity index (χ1v) is 7.50. The zero-order valence-electron chi connectivity index (χ0n) is 11.8. The highest BCUT2D eigenvalue weighted by Gasteiger charge is 2.05. The van der Waals surface area contributed by atoms with Crippen LogP contribution in [0.25, 0.3) is 0 Å². The van der Waals surface area contributed by atoms with Gasteiger partial charge < -0.3 is 15.2 Å². The number of nitrogens with zero attached hydrogens (tertiary/aromatic N) is 1. The van der Waals surface area contributed by atoms with Gasteiger partial charge in [0.25, 0.3) is 0 Å². The van der Waals surface area contributed by atoms with Crippen LogP contribution in [0, 0.1) is 13.8 Å². The second-order valence-corrected chi connectivity index (χ2v) is 5.83. The molecule has 1 aromatic heterocycles. The number of rotatable bonds is 7. The van der Waals surface area contributed by atoms with Crippen molar-refractivity contribution in [2.75, 3.05) is 13.2 Å². The van der Waals surface area contributed by atoms with Crippen LogP contribution in [0.4, 0.5) is 0 Å². The third-order valence-electron chi connectivity index (χ3n) is 2.82. The van der Waals surface area contributed by atoms with Gasteiger partial charge in [-0.2, -0.15) is 0 Å². The molecule has 0 amide bonds. The topological polar surface area (TPSA) is 54.4 Å². The highest BCUT2D eigenvalue weighted by molar-refractivity contribution is 7.09. The van der Waals surface area contributed by atoms with Gasteiger partial charge in [-0.15, -0.1) is 11.3 Å². The first kappa shape index (κ1) is 15.0. The molecule has 0 aliphatic heterocycles. The fourth-order valence-electron chi connectivity index (χ4n) is 1.74. The van der Waals surface area contributed by atoms with Crippen LogP contribution in [0.2, 0.25) is 0 Å². The zero-order chi connectivity index (χ0) is 14.4. The summed E-state index contributed by atoms with van der Waals surface area (Å²) in [4.78, 5) is 4.35. The Bertz CT molecular complexity index is 525. The van der Waals surface area contributed by atoms with Gasteiger partial charge in [0.05, 0.1) is 10.7 Å². The largest absolute Gasteiger partial charge is 0.491 e. The van der Waals surface area contributed by atoms with Crippen LogP contribution in [-0.2, 0) is 6.54 Å². The number of thiazole rings is 1. The van der Waals surface area contributed by atoms with E-state index >= 15 is 0 Å². The van der Waals surface area contributed by atoms with Crippen molar-refractivity contribution < 1.29 is 9.84 Å². The van der Waals surface area contributed by atoms with Crippen molar-refractivity contribution in [3.8, 4) is 5.75 Å². The van der Waals surface area contributed by atoms with Crippen molar-refractivity contribution in [3.05, 3.63) is 45.9 Å². The molecule has 4 nitrogen and oxygen atoms in total. The van der Waals surface area contributed by atoms with Gasteiger partial charge in [-0.1, -0.05) is 17.7 Å². The fourth-order valence-corrected chi connectivity index (χ4v) is 2.35. The van der Waals surface area contributed by atoms with Gasteiger partial charge in [0.2, 0.25) is 0 Å². The summed E-state index contributed by atoms with van der Waals surface area (Å²) < 4.78 is 5.53. The molecule has 108 valence electrons. The summed E-state index contributed by atoms with van der Waals surface area (Å²) in [6.07, 6.45) is -0.531. The minimum absolute atomic E-state index is 0.284. The van der Waals surface area contributed by atoms with Crippen molar-refractivity contribution in [1.82, 2.24) is 10.3 Å². The van der Waals surface area contributed by atoms with Gasteiger partial charge >= 0.3 is 0 Å². The quantitative estimate of drug-likeness (QED) is 0.822. The van der Waals surface area contributed by atoms with E-state index in [4.69, 9.17) is 4.74 Å². The Morgan fingerprint density at radius 1 is 1.30 bits per heavy atom. The van der Waals surface area contributed by atoms with Crippen molar-refractivity contribution in [2.24, 2.45) is 0 Å². The van der Waals surface area contributed by atoms with Gasteiger partial charge in [-0.05, 0) is 26.0 Å². The lowest BCUT2D eigenvalue weighted by Gasteiger charge is -2.13. The molecule has 1 heterocycles. The molecule has 0 spiro atoms. The molecule has 0 saturated heterocycles. The molecule has 20 heavy (non-hydrogen) atoms. The molecule has 0 aliphatic carbocycles. The van der Waals surface area contributed by atoms with Crippen LogP contribution < -0.4 is 10.1 Å². The van der Waals surface area contributed by atoms with Crippen LogP contribution in [0.5, 0.6) is 5.75 Å². The minimum atomic E-state index is -0.531. The number of ether oxygens (including phenoxy) is 1. The lowest BCUT2D eigenvalue weighted by molar-refractivity contribution is 0.106. The van der Waals surface area contributed by atoms with E-state index in [1.807, 2.05) is 43.5 Å². The molecular weight excluding hydrogens is 272 g/mol. The predicted octanol–water partition coefficient (Wildman–Crippen LogP) is 2.29. The SMILES string of the molecule is Cc1ccc(OCC(O)CNCc2csc(C)n2)cc1. The van der Waals surface area contributed by atoms with Gasteiger partial charge in [-0.3, -0.25) is 0 Å². The van der Waals surface area contributed by atoms with E-state index in [0.29, 0.717) is 13.1 Å². The number of hydrogen-bond acceptors (Lipinski definition) is 5. The smallest absolute Gasteiger partial charge is 0.119 e. The maximum absolute atomic E-state index is 9.84. The first-order valence-electron chi connectivity index (χ1n) is 6.63. The molecule has 0 aliphatic rings. The van der Waals surface area contributed by atoms with E-state index in [2.05, 4.69) is 10.3 Å². The molecule has 0 fully saturated rings. The molecule has 5 heteroatoms. The Labute approximate surface area is 123 Å². The monoisotopic (exact) mass is 292 g/mol. The van der Waals surface area contributed by atoms with E-state index in [9.17, 15) is 5.11 Å². The first-order chi connectivity index (χ1) is 9.63. The van der Waals surface area contributed by atoms with Crippen LogP contribution in [-0.4, -0.2) is 29.3 Å². The Kier molecular flexibility index (Phi) is 5.52. The predicted molar refractivity (Wildman–Crippen MR) is 81.2 cm³/mol. The molecule has 2 aromatic rings. The number of hydrogen-bond donors (Lipinski definition) is 2. The summed E-state index contributed by atoms with van der Waals surface area (Å²) in [5, 5.41) is 16.1. The summed E-state index contributed by atoms with van der Waals surface area (Å²) in [7, 11) is 0. The Morgan fingerprint density at radius 3 is 2.70 bits per heavy atom. The second-order valence-electron chi connectivity index (χ2n) is 4.77. The van der Waals surface area contributed by atoms with Crippen LogP contribution in [0.3, 0.4) is 0 Å². The average molecular weight is 292 g/mol. The van der Waals surface area contributed by atoms with Crippen LogP contribution in [0.1, 0.15) is 16.3 Å². The van der Waals surface area contributed by atoms with Gasteiger partial charge in [0, 0.05) is 18.5 Å². The van der Waals surface area contributed by atoms with Crippen molar-refractivity contribution in [1.29, 1.82) is 0 Å². The Morgan fingerprint density at radius 2 is 2.05 bits per heavy atom. The Hall–Kier alpha value is -1.43. The zero-order valence-corrected chi connectivity index (χ0v) is 12.6. The summed E-state index contributed by atoms with van der Waals surface area (Å²) >= 11 is 1.63. The summed E-state index contributed by atoms with van der Waals surface area (Å²) in [5.41, 5.74) is 2.21. The summed E-state index contributed by atoms with van der Waals surface area (Å²) in [6, 6.07) is 7.80. The van der Waals surface area contributed by atoms with E-state index in [1.165, 1.54) is 5.56 Å². The average Bonchev–Trinajstić information content (AvgIpc) is 2.84. The number of nitrogens with one attached hydrogen (secondary N) is 1.